The molecule has 0 unspecified atom stereocenters. The highest BCUT2D eigenvalue weighted by atomic mass is 35.5. The average molecular weight is 505 g/mol. The normalized spacial score (nSPS) is 19.6. The number of piperidine rings is 1. The number of rotatable bonds is 7. The molecule has 3 aliphatic rings. The number of ether oxygens (including phenoxy) is 1. The number of amides is 1. The van der Waals surface area contributed by atoms with E-state index in [0.29, 0.717) is 34.2 Å². The largest absolute Gasteiger partial charge is 0.493 e. The predicted octanol–water partition coefficient (Wildman–Crippen LogP) is 6.54. The van der Waals surface area contributed by atoms with Crippen molar-refractivity contribution >= 4 is 29.1 Å². The molecule has 0 N–H and O–H groups in total. The van der Waals surface area contributed by atoms with Gasteiger partial charge in [-0.15, -0.1) is 0 Å². The van der Waals surface area contributed by atoms with Crippen molar-refractivity contribution in [3.63, 3.8) is 0 Å². The molecule has 1 saturated carbocycles. The quantitative estimate of drug-likeness (QED) is 0.429. The Labute approximate surface area is 211 Å². The van der Waals surface area contributed by atoms with Crippen LogP contribution in [-0.4, -0.2) is 48.5 Å². The minimum absolute atomic E-state index is 0.184. The SMILES string of the molecule is O=C(c1cc(C2CC2)c(OCC2CCN(Cc3cc(Cl)cc(Cl)c3)CC2)cc1F)N1CCCC1. The summed E-state index contributed by atoms with van der Waals surface area (Å²) in [5, 5.41) is 1.33. The Morgan fingerprint density at radius 1 is 0.941 bits per heavy atom. The van der Waals surface area contributed by atoms with Crippen molar-refractivity contribution < 1.29 is 13.9 Å². The van der Waals surface area contributed by atoms with Gasteiger partial charge in [-0.05, 0) is 98.8 Å². The summed E-state index contributed by atoms with van der Waals surface area (Å²) in [4.78, 5) is 17.0. The number of carbonyl (C=O) groups excluding carboxylic acids is 1. The summed E-state index contributed by atoms with van der Waals surface area (Å²) < 4.78 is 21.1. The van der Waals surface area contributed by atoms with Gasteiger partial charge in [0.2, 0.25) is 0 Å². The molecule has 1 amide bonds. The summed E-state index contributed by atoms with van der Waals surface area (Å²) in [7, 11) is 0. The zero-order chi connectivity index (χ0) is 23.7. The van der Waals surface area contributed by atoms with E-state index >= 15 is 0 Å². The topological polar surface area (TPSA) is 32.8 Å². The lowest BCUT2D eigenvalue weighted by atomic mass is 9.97. The van der Waals surface area contributed by atoms with Crippen LogP contribution in [0.15, 0.2) is 30.3 Å². The van der Waals surface area contributed by atoms with Crippen LogP contribution < -0.4 is 4.74 Å². The molecule has 34 heavy (non-hydrogen) atoms. The zero-order valence-corrected chi connectivity index (χ0v) is 20.9. The van der Waals surface area contributed by atoms with Crippen molar-refractivity contribution in [3.05, 3.63) is 62.9 Å². The van der Waals surface area contributed by atoms with Gasteiger partial charge in [-0.2, -0.15) is 0 Å². The monoisotopic (exact) mass is 504 g/mol. The van der Waals surface area contributed by atoms with E-state index < -0.39 is 5.82 Å². The summed E-state index contributed by atoms with van der Waals surface area (Å²) in [6, 6.07) is 8.91. The fourth-order valence-corrected chi connectivity index (χ4v) is 5.72. The van der Waals surface area contributed by atoms with Gasteiger partial charge >= 0.3 is 0 Å². The molecule has 2 aliphatic heterocycles. The first-order valence-electron chi connectivity index (χ1n) is 12.4. The minimum Gasteiger partial charge on any atom is -0.493 e. The second kappa shape index (κ2) is 10.4. The zero-order valence-electron chi connectivity index (χ0n) is 19.4. The molecule has 4 nitrogen and oxygen atoms in total. The van der Waals surface area contributed by atoms with Crippen LogP contribution in [0.1, 0.15) is 65.9 Å². The van der Waals surface area contributed by atoms with Crippen LogP contribution in [0.3, 0.4) is 0 Å². The van der Waals surface area contributed by atoms with Gasteiger partial charge in [-0.1, -0.05) is 23.2 Å². The molecule has 0 atom stereocenters. The standard InChI is InChI=1S/C27H31Cl2FN2O2/c28-21-11-19(12-22(29)13-21)16-31-9-5-18(6-10-31)17-34-26-15-25(30)24(14-23(26)20-3-4-20)27(33)32-7-1-2-8-32/h11-15,18,20H,1-10,16-17H2. The molecule has 2 aromatic carbocycles. The number of nitrogens with zero attached hydrogens (tertiary/aromatic N) is 2. The van der Waals surface area contributed by atoms with E-state index in [1.807, 2.05) is 12.1 Å². The van der Waals surface area contributed by atoms with E-state index in [4.69, 9.17) is 27.9 Å². The first-order valence-corrected chi connectivity index (χ1v) is 13.1. The molecule has 7 heteroatoms. The number of hydrogen-bond acceptors (Lipinski definition) is 3. The number of halogens is 3. The van der Waals surface area contributed by atoms with Gasteiger partial charge in [0.15, 0.2) is 0 Å². The lowest BCUT2D eigenvalue weighted by Crippen LogP contribution is -2.35. The highest BCUT2D eigenvalue weighted by Gasteiger charge is 2.31. The predicted molar refractivity (Wildman–Crippen MR) is 133 cm³/mol. The Balaban J connectivity index is 1.18. The summed E-state index contributed by atoms with van der Waals surface area (Å²) in [5.41, 5.74) is 2.32. The molecule has 182 valence electrons. The third-order valence-corrected chi connectivity index (χ3v) is 7.69. The maximum Gasteiger partial charge on any atom is 0.256 e. The minimum atomic E-state index is -0.466. The summed E-state index contributed by atoms with van der Waals surface area (Å²) in [6.07, 6.45) is 6.20. The van der Waals surface area contributed by atoms with E-state index in [9.17, 15) is 9.18 Å². The molecular formula is C27H31Cl2FN2O2. The van der Waals surface area contributed by atoms with Crippen LogP contribution in [0.4, 0.5) is 4.39 Å². The van der Waals surface area contributed by atoms with E-state index in [-0.39, 0.29) is 11.5 Å². The molecule has 1 aliphatic carbocycles. The summed E-state index contributed by atoms with van der Waals surface area (Å²) in [6.45, 7) is 4.81. The molecule has 5 rings (SSSR count). The Morgan fingerprint density at radius 2 is 1.62 bits per heavy atom. The summed E-state index contributed by atoms with van der Waals surface area (Å²) >= 11 is 12.3. The Morgan fingerprint density at radius 3 is 2.26 bits per heavy atom. The third-order valence-electron chi connectivity index (χ3n) is 7.25. The average Bonchev–Trinajstić information content (AvgIpc) is 3.50. The lowest BCUT2D eigenvalue weighted by molar-refractivity contribution is 0.0788. The highest BCUT2D eigenvalue weighted by molar-refractivity contribution is 6.34. The smallest absolute Gasteiger partial charge is 0.256 e. The van der Waals surface area contributed by atoms with Gasteiger partial charge in [0.1, 0.15) is 11.6 Å². The lowest BCUT2D eigenvalue weighted by Gasteiger charge is -2.32. The number of benzene rings is 2. The van der Waals surface area contributed by atoms with Gasteiger partial charge in [-0.25, -0.2) is 4.39 Å². The number of carbonyl (C=O) groups is 1. The van der Waals surface area contributed by atoms with Crippen LogP contribution in [0, 0.1) is 11.7 Å². The van der Waals surface area contributed by atoms with Crippen molar-refractivity contribution in [2.45, 2.75) is 51.0 Å². The fraction of sp³-hybridized carbons (Fsp3) is 0.519. The summed E-state index contributed by atoms with van der Waals surface area (Å²) in [5.74, 6) is 0.782. The van der Waals surface area contributed by atoms with Gasteiger partial charge < -0.3 is 9.64 Å². The van der Waals surface area contributed by atoms with Crippen molar-refractivity contribution in [2.75, 3.05) is 32.8 Å². The van der Waals surface area contributed by atoms with Crippen LogP contribution in [0.2, 0.25) is 10.0 Å². The molecule has 3 fully saturated rings. The van der Waals surface area contributed by atoms with Crippen molar-refractivity contribution in [1.82, 2.24) is 9.80 Å². The van der Waals surface area contributed by atoms with Crippen molar-refractivity contribution in [2.24, 2.45) is 5.92 Å². The van der Waals surface area contributed by atoms with Crippen LogP contribution >= 0.6 is 23.2 Å². The molecular weight excluding hydrogens is 474 g/mol. The molecule has 2 heterocycles. The molecule has 2 aromatic rings. The first-order chi connectivity index (χ1) is 16.5. The molecule has 0 bridgehead atoms. The van der Waals surface area contributed by atoms with E-state index in [1.54, 1.807) is 17.0 Å². The molecule has 0 radical (unpaired) electrons. The van der Waals surface area contributed by atoms with Crippen LogP contribution in [0.5, 0.6) is 5.75 Å². The Kier molecular flexibility index (Phi) is 7.33. The fourth-order valence-electron chi connectivity index (χ4n) is 5.14. The van der Waals surface area contributed by atoms with E-state index in [2.05, 4.69) is 4.90 Å². The number of hydrogen-bond donors (Lipinski definition) is 0. The highest BCUT2D eigenvalue weighted by Crippen LogP contribution is 2.45. The maximum absolute atomic E-state index is 14.9. The van der Waals surface area contributed by atoms with Crippen molar-refractivity contribution in [3.8, 4) is 5.75 Å². The van der Waals surface area contributed by atoms with Crippen LogP contribution in [-0.2, 0) is 6.54 Å². The van der Waals surface area contributed by atoms with E-state index in [0.717, 1.165) is 82.4 Å². The van der Waals surface area contributed by atoms with Gasteiger partial charge in [0, 0.05) is 35.7 Å². The van der Waals surface area contributed by atoms with Gasteiger partial charge in [-0.3, -0.25) is 9.69 Å². The second-order valence-corrected chi connectivity index (χ2v) is 10.8. The Hall–Kier alpha value is -1.82. The maximum atomic E-state index is 14.9. The van der Waals surface area contributed by atoms with E-state index in [1.165, 1.54) is 6.07 Å². The molecule has 0 aromatic heterocycles. The first kappa shape index (κ1) is 23.9. The van der Waals surface area contributed by atoms with Crippen LogP contribution in [0.25, 0.3) is 0 Å². The second-order valence-electron chi connectivity index (χ2n) is 9.95. The number of likely N-dealkylation sites (tertiary alicyclic amines) is 2. The van der Waals surface area contributed by atoms with Gasteiger partial charge in [0.25, 0.3) is 5.91 Å². The molecule has 0 spiro atoms. The Bertz CT molecular complexity index is 1020. The third kappa shape index (κ3) is 5.69. The van der Waals surface area contributed by atoms with Gasteiger partial charge in [0.05, 0.1) is 12.2 Å². The van der Waals surface area contributed by atoms with Crippen molar-refractivity contribution in [1.29, 1.82) is 0 Å². The molecule has 2 saturated heterocycles.